The Morgan fingerprint density at radius 1 is 1.05 bits per heavy atom. The molecule has 3 aromatic rings. The summed E-state index contributed by atoms with van der Waals surface area (Å²) in [6.45, 7) is 4.45. The minimum atomic E-state index is 0.591. The molecule has 0 spiro atoms. The number of benzene rings is 1. The number of imidazole rings is 1. The van der Waals surface area contributed by atoms with Crippen molar-refractivity contribution in [1.82, 2.24) is 19.7 Å². The summed E-state index contributed by atoms with van der Waals surface area (Å²) >= 11 is 0. The fourth-order valence-corrected chi connectivity index (χ4v) is 2.23. The normalized spacial score (nSPS) is 12.3. The molecule has 0 fully saturated rings. The van der Waals surface area contributed by atoms with Gasteiger partial charge in [-0.05, 0) is 30.0 Å². The van der Waals surface area contributed by atoms with E-state index in [1.807, 2.05) is 22.9 Å². The summed E-state index contributed by atoms with van der Waals surface area (Å²) in [7, 11) is 0. The highest BCUT2D eigenvalue weighted by molar-refractivity contribution is 5.59. The molecule has 0 bridgehead atoms. The van der Waals surface area contributed by atoms with Gasteiger partial charge in [0.15, 0.2) is 5.82 Å². The van der Waals surface area contributed by atoms with Crippen molar-refractivity contribution in [2.75, 3.05) is 0 Å². The largest absolute Gasteiger partial charge is 0.289 e. The molecule has 0 saturated carbocycles. The molecule has 0 N–H and O–H groups in total. The maximum absolute atomic E-state index is 4.30. The van der Waals surface area contributed by atoms with Crippen molar-refractivity contribution >= 4 is 0 Å². The van der Waals surface area contributed by atoms with E-state index in [1.165, 1.54) is 5.56 Å². The molecule has 2 aromatic heterocycles. The Balaban J connectivity index is 1.84. The van der Waals surface area contributed by atoms with Crippen LogP contribution < -0.4 is 0 Å². The lowest BCUT2D eigenvalue weighted by molar-refractivity contribution is 0.734. The van der Waals surface area contributed by atoms with Gasteiger partial charge in [-0.2, -0.15) is 0 Å². The Morgan fingerprint density at radius 3 is 2.43 bits per heavy atom. The third-order valence-electron chi connectivity index (χ3n) is 3.81. The first kappa shape index (κ1) is 13.5. The summed E-state index contributed by atoms with van der Waals surface area (Å²) < 4.78 is 1.84. The van der Waals surface area contributed by atoms with Crippen LogP contribution in [0.4, 0.5) is 0 Å². The van der Waals surface area contributed by atoms with Crippen LogP contribution >= 0.6 is 0 Å². The fraction of sp³-hybridized carbons (Fsp3) is 0.235. The van der Waals surface area contributed by atoms with Gasteiger partial charge in [0.1, 0.15) is 6.33 Å². The lowest BCUT2D eigenvalue weighted by Crippen LogP contribution is -1.97. The first-order valence-electron chi connectivity index (χ1n) is 7.20. The van der Waals surface area contributed by atoms with E-state index >= 15 is 0 Å². The highest BCUT2D eigenvalue weighted by Gasteiger charge is 2.05. The highest BCUT2D eigenvalue weighted by Crippen LogP contribution is 2.23. The molecule has 0 aliphatic heterocycles. The van der Waals surface area contributed by atoms with Crippen molar-refractivity contribution in [3.63, 3.8) is 0 Å². The first-order valence-corrected chi connectivity index (χ1v) is 7.20. The highest BCUT2D eigenvalue weighted by atomic mass is 15.2. The second-order valence-corrected chi connectivity index (χ2v) is 5.18. The van der Waals surface area contributed by atoms with Crippen molar-refractivity contribution in [2.24, 2.45) is 0 Å². The molecule has 1 aromatic carbocycles. The second kappa shape index (κ2) is 5.87. The molecule has 0 radical (unpaired) electrons. The Kier molecular flexibility index (Phi) is 3.77. The van der Waals surface area contributed by atoms with Crippen LogP contribution in [0, 0.1) is 0 Å². The summed E-state index contributed by atoms with van der Waals surface area (Å²) in [4.78, 5) is 4.01. The van der Waals surface area contributed by atoms with Gasteiger partial charge in [0.25, 0.3) is 0 Å². The van der Waals surface area contributed by atoms with Gasteiger partial charge in [0.05, 0.1) is 5.69 Å². The van der Waals surface area contributed by atoms with Crippen LogP contribution in [0.25, 0.3) is 17.1 Å². The molecule has 2 heterocycles. The third kappa shape index (κ3) is 2.84. The SMILES string of the molecule is CC[C@@H](C)c1ccc(-c2ccc(-n3ccnc3)nn2)cc1. The standard InChI is InChI=1S/C17H18N4/c1-3-13(2)14-4-6-15(7-5-14)16-8-9-17(20-19-16)21-11-10-18-12-21/h4-13H,3H2,1-2H3/t13-/m1/s1. The van der Waals surface area contributed by atoms with E-state index in [0.717, 1.165) is 23.5 Å². The summed E-state index contributed by atoms with van der Waals surface area (Å²) in [6.07, 6.45) is 6.44. The van der Waals surface area contributed by atoms with Crippen LogP contribution in [0.3, 0.4) is 0 Å². The van der Waals surface area contributed by atoms with Crippen molar-refractivity contribution in [1.29, 1.82) is 0 Å². The minimum Gasteiger partial charge on any atom is -0.289 e. The summed E-state index contributed by atoms with van der Waals surface area (Å²) in [6, 6.07) is 12.5. The molecule has 4 nitrogen and oxygen atoms in total. The average Bonchev–Trinajstić information content (AvgIpc) is 3.09. The second-order valence-electron chi connectivity index (χ2n) is 5.18. The van der Waals surface area contributed by atoms with Gasteiger partial charge in [-0.3, -0.25) is 4.57 Å². The third-order valence-corrected chi connectivity index (χ3v) is 3.81. The number of hydrogen-bond donors (Lipinski definition) is 0. The van der Waals surface area contributed by atoms with Crippen LogP contribution in [0.5, 0.6) is 0 Å². The molecule has 0 unspecified atom stereocenters. The van der Waals surface area contributed by atoms with Crippen molar-refractivity contribution in [2.45, 2.75) is 26.2 Å². The lowest BCUT2D eigenvalue weighted by atomic mass is 9.97. The van der Waals surface area contributed by atoms with Crippen LogP contribution in [0.2, 0.25) is 0 Å². The maximum Gasteiger partial charge on any atom is 0.160 e. The van der Waals surface area contributed by atoms with E-state index in [9.17, 15) is 0 Å². The first-order chi connectivity index (χ1) is 10.3. The number of hydrogen-bond acceptors (Lipinski definition) is 3. The summed E-state index contributed by atoms with van der Waals surface area (Å²) in [5, 5.41) is 8.55. The molecule has 0 amide bonds. The smallest absolute Gasteiger partial charge is 0.160 e. The minimum absolute atomic E-state index is 0.591. The van der Waals surface area contributed by atoms with Crippen LogP contribution in [-0.4, -0.2) is 19.7 Å². The molecule has 1 atom stereocenters. The van der Waals surface area contributed by atoms with Gasteiger partial charge in [0.2, 0.25) is 0 Å². The van der Waals surface area contributed by atoms with Gasteiger partial charge in [0, 0.05) is 18.0 Å². The van der Waals surface area contributed by atoms with Crippen LogP contribution in [-0.2, 0) is 0 Å². The van der Waals surface area contributed by atoms with Crippen molar-refractivity contribution in [3.05, 3.63) is 60.7 Å². The van der Waals surface area contributed by atoms with E-state index in [2.05, 4.69) is 53.3 Å². The zero-order valence-electron chi connectivity index (χ0n) is 12.3. The number of aromatic nitrogens is 4. The zero-order valence-corrected chi connectivity index (χ0v) is 12.3. The van der Waals surface area contributed by atoms with E-state index in [1.54, 1.807) is 12.5 Å². The zero-order chi connectivity index (χ0) is 14.7. The molecule has 0 saturated heterocycles. The van der Waals surface area contributed by atoms with Crippen molar-refractivity contribution in [3.8, 4) is 17.1 Å². The van der Waals surface area contributed by atoms with Crippen molar-refractivity contribution < 1.29 is 0 Å². The van der Waals surface area contributed by atoms with Gasteiger partial charge in [-0.15, -0.1) is 10.2 Å². The van der Waals surface area contributed by atoms with E-state index in [4.69, 9.17) is 0 Å². The number of nitrogens with zero attached hydrogens (tertiary/aromatic N) is 4. The van der Waals surface area contributed by atoms with Crippen LogP contribution in [0.15, 0.2) is 55.1 Å². The molecular weight excluding hydrogens is 260 g/mol. The van der Waals surface area contributed by atoms with E-state index < -0.39 is 0 Å². The predicted molar refractivity (Wildman–Crippen MR) is 83.3 cm³/mol. The summed E-state index contributed by atoms with van der Waals surface area (Å²) in [5.74, 6) is 1.36. The maximum atomic E-state index is 4.30. The van der Waals surface area contributed by atoms with Gasteiger partial charge < -0.3 is 0 Å². The Bertz CT molecular complexity index is 685. The Morgan fingerprint density at radius 2 is 1.86 bits per heavy atom. The molecule has 4 heteroatoms. The van der Waals surface area contributed by atoms with E-state index in [0.29, 0.717) is 5.92 Å². The molecule has 106 valence electrons. The molecule has 0 aliphatic rings. The average molecular weight is 278 g/mol. The lowest BCUT2D eigenvalue weighted by Gasteiger charge is -2.09. The molecular formula is C17H18N4. The van der Waals surface area contributed by atoms with E-state index in [-0.39, 0.29) is 0 Å². The van der Waals surface area contributed by atoms with Gasteiger partial charge >= 0.3 is 0 Å². The molecule has 21 heavy (non-hydrogen) atoms. The van der Waals surface area contributed by atoms with Crippen LogP contribution in [0.1, 0.15) is 31.7 Å². The predicted octanol–water partition coefficient (Wildman–Crippen LogP) is 3.84. The quantitative estimate of drug-likeness (QED) is 0.728. The topological polar surface area (TPSA) is 43.6 Å². The Hall–Kier alpha value is -2.49. The fourth-order valence-electron chi connectivity index (χ4n) is 2.23. The summed E-state index contributed by atoms with van der Waals surface area (Å²) in [5.41, 5.74) is 3.34. The Labute approximate surface area is 124 Å². The molecule has 3 rings (SSSR count). The molecule has 0 aliphatic carbocycles. The van der Waals surface area contributed by atoms with Gasteiger partial charge in [-0.25, -0.2) is 4.98 Å². The number of rotatable bonds is 4. The van der Waals surface area contributed by atoms with Gasteiger partial charge in [-0.1, -0.05) is 38.1 Å². The monoisotopic (exact) mass is 278 g/mol.